The molecule has 0 amide bonds. The van der Waals surface area contributed by atoms with Crippen molar-refractivity contribution in [3.63, 3.8) is 0 Å². The molecule has 0 fully saturated rings. The van der Waals surface area contributed by atoms with E-state index in [0.717, 1.165) is 24.8 Å². The van der Waals surface area contributed by atoms with Crippen molar-refractivity contribution in [2.24, 2.45) is 5.92 Å². The van der Waals surface area contributed by atoms with Gasteiger partial charge >= 0.3 is 5.97 Å². The van der Waals surface area contributed by atoms with Gasteiger partial charge in [-0.25, -0.2) is 0 Å². The Kier molecular flexibility index (Phi) is 5.38. The smallest absolute Gasteiger partial charge is 0.303 e. The largest absolute Gasteiger partial charge is 0.508 e. The number of hydrogen-bond donors (Lipinski definition) is 2. The second kappa shape index (κ2) is 7.48. The van der Waals surface area contributed by atoms with E-state index in [1.165, 1.54) is 5.56 Å². The highest BCUT2D eigenvalue weighted by Gasteiger charge is 2.14. The van der Waals surface area contributed by atoms with Crippen LogP contribution in [0.4, 0.5) is 0 Å². The Hall–Kier alpha value is -2.29. The van der Waals surface area contributed by atoms with E-state index in [-0.39, 0.29) is 18.1 Å². The van der Waals surface area contributed by atoms with Gasteiger partial charge in [-0.05, 0) is 48.4 Å². The molecule has 21 heavy (non-hydrogen) atoms. The predicted molar refractivity (Wildman–Crippen MR) is 82.3 cm³/mol. The van der Waals surface area contributed by atoms with E-state index in [0.29, 0.717) is 0 Å². The van der Waals surface area contributed by atoms with Gasteiger partial charge in [0.2, 0.25) is 0 Å². The zero-order chi connectivity index (χ0) is 15.1. The molecule has 2 aromatic rings. The number of benzene rings is 2. The van der Waals surface area contributed by atoms with Crippen LogP contribution in [0.5, 0.6) is 5.75 Å². The van der Waals surface area contributed by atoms with E-state index < -0.39 is 5.97 Å². The number of aromatic hydroxyl groups is 1. The Morgan fingerprint density at radius 3 is 2.24 bits per heavy atom. The Bertz CT molecular complexity index is 561. The molecule has 0 bridgehead atoms. The van der Waals surface area contributed by atoms with Crippen molar-refractivity contribution in [3.8, 4) is 5.75 Å². The lowest BCUT2D eigenvalue weighted by Gasteiger charge is -2.15. The molecule has 110 valence electrons. The van der Waals surface area contributed by atoms with E-state index in [1.807, 2.05) is 30.3 Å². The highest BCUT2D eigenvalue weighted by Crippen LogP contribution is 2.20. The van der Waals surface area contributed by atoms with Gasteiger partial charge in [-0.15, -0.1) is 0 Å². The Morgan fingerprint density at radius 1 is 0.952 bits per heavy atom. The van der Waals surface area contributed by atoms with Crippen LogP contribution in [0.25, 0.3) is 0 Å². The van der Waals surface area contributed by atoms with E-state index in [2.05, 4.69) is 12.1 Å². The summed E-state index contributed by atoms with van der Waals surface area (Å²) in [6, 6.07) is 17.1. The molecule has 1 atom stereocenters. The molecule has 3 nitrogen and oxygen atoms in total. The molecule has 0 aromatic heterocycles. The molecule has 0 saturated carbocycles. The minimum atomic E-state index is -0.758. The van der Waals surface area contributed by atoms with Gasteiger partial charge in [0.1, 0.15) is 5.75 Å². The molecular formula is C18H20O3. The van der Waals surface area contributed by atoms with Crippen LogP contribution in [0.3, 0.4) is 0 Å². The first-order chi connectivity index (χ1) is 10.1. The van der Waals surface area contributed by atoms with Crippen LogP contribution in [0, 0.1) is 5.92 Å². The van der Waals surface area contributed by atoms with Crippen LogP contribution in [0.15, 0.2) is 54.6 Å². The molecule has 0 aliphatic heterocycles. The van der Waals surface area contributed by atoms with Gasteiger partial charge < -0.3 is 10.2 Å². The van der Waals surface area contributed by atoms with Gasteiger partial charge in [0.25, 0.3) is 0 Å². The SMILES string of the molecule is O=C(O)CC(CCc1ccccc1)Cc1ccc(O)cc1. The lowest BCUT2D eigenvalue weighted by atomic mass is 9.90. The second-order valence-electron chi connectivity index (χ2n) is 5.36. The molecule has 2 aromatic carbocycles. The van der Waals surface area contributed by atoms with Crippen LogP contribution < -0.4 is 0 Å². The number of phenols is 1. The number of hydrogen-bond acceptors (Lipinski definition) is 2. The fourth-order valence-corrected chi connectivity index (χ4v) is 2.50. The number of rotatable bonds is 7. The van der Waals surface area contributed by atoms with Crippen molar-refractivity contribution < 1.29 is 15.0 Å². The minimum Gasteiger partial charge on any atom is -0.508 e. The molecule has 2 N–H and O–H groups in total. The first-order valence-corrected chi connectivity index (χ1v) is 7.17. The van der Waals surface area contributed by atoms with Gasteiger partial charge in [-0.1, -0.05) is 42.5 Å². The molecular weight excluding hydrogens is 264 g/mol. The average Bonchev–Trinajstić information content (AvgIpc) is 2.48. The quantitative estimate of drug-likeness (QED) is 0.815. The van der Waals surface area contributed by atoms with Gasteiger partial charge in [0.15, 0.2) is 0 Å². The number of phenolic OH excluding ortho intramolecular Hbond substituents is 1. The van der Waals surface area contributed by atoms with Crippen LogP contribution in [0.2, 0.25) is 0 Å². The summed E-state index contributed by atoms with van der Waals surface area (Å²) < 4.78 is 0. The lowest BCUT2D eigenvalue weighted by Crippen LogP contribution is -2.12. The first-order valence-electron chi connectivity index (χ1n) is 7.17. The summed E-state index contributed by atoms with van der Waals surface area (Å²) in [6.45, 7) is 0. The molecule has 0 spiro atoms. The Labute approximate surface area is 124 Å². The van der Waals surface area contributed by atoms with Crippen molar-refractivity contribution in [2.45, 2.75) is 25.7 Å². The molecule has 0 saturated heterocycles. The zero-order valence-corrected chi connectivity index (χ0v) is 11.9. The summed E-state index contributed by atoms with van der Waals surface area (Å²) in [7, 11) is 0. The van der Waals surface area contributed by atoms with Gasteiger partial charge in [-0.2, -0.15) is 0 Å². The number of aliphatic carboxylic acids is 1. The maximum Gasteiger partial charge on any atom is 0.303 e. The fourth-order valence-electron chi connectivity index (χ4n) is 2.50. The van der Waals surface area contributed by atoms with E-state index >= 15 is 0 Å². The maximum atomic E-state index is 11.0. The molecule has 3 heteroatoms. The van der Waals surface area contributed by atoms with Crippen molar-refractivity contribution in [2.75, 3.05) is 0 Å². The van der Waals surface area contributed by atoms with Gasteiger partial charge in [0.05, 0.1) is 0 Å². The van der Waals surface area contributed by atoms with Crippen molar-refractivity contribution in [3.05, 3.63) is 65.7 Å². The normalized spacial score (nSPS) is 12.0. The topological polar surface area (TPSA) is 57.5 Å². The number of carboxylic acids is 1. The lowest BCUT2D eigenvalue weighted by molar-refractivity contribution is -0.138. The predicted octanol–water partition coefficient (Wildman–Crippen LogP) is 3.66. The summed E-state index contributed by atoms with van der Waals surface area (Å²) in [5.41, 5.74) is 2.30. The number of carbonyl (C=O) groups is 1. The van der Waals surface area contributed by atoms with Crippen LogP contribution >= 0.6 is 0 Å². The summed E-state index contributed by atoms with van der Waals surface area (Å²) in [5, 5.41) is 18.4. The third kappa shape index (κ3) is 5.30. The molecule has 0 aliphatic carbocycles. The molecule has 0 aliphatic rings. The van der Waals surface area contributed by atoms with Gasteiger partial charge in [-0.3, -0.25) is 4.79 Å². The van der Waals surface area contributed by atoms with Crippen molar-refractivity contribution in [1.29, 1.82) is 0 Å². The fraction of sp³-hybridized carbons (Fsp3) is 0.278. The van der Waals surface area contributed by atoms with Crippen LogP contribution in [-0.4, -0.2) is 16.2 Å². The van der Waals surface area contributed by atoms with Crippen LogP contribution in [0.1, 0.15) is 24.0 Å². The third-order valence-electron chi connectivity index (χ3n) is 3.61. The second-order valence-corrected chi connectivity index (χ2v) is 5.36. The molecule has 0 heterocycles. The minimum absolute atomic E-state index is 0.104. The Balaban J connectivity index is 1.97. The van der Waals surface area contributed by atoms with E-state index in [4.69, 9.17) is 5.11 Å². The molecule has 0 radical (unpaired) electrons. The monoisotopic (exact) mass is 284 g/mol. The zero-order valence-electron chi connectivity index (χ0n) is 11.9. The van der Waals surface area contributed by atoms with E-state index in [9.17, 15) is 9.90 Å². The van der Waals surface area contributed by atoms with Crippen molar-refractivity contribution in [1.82, 2.24) is 0 Å². The average molecular weight is 284 g/mol. The standard InChI is InChI=1S/C18H20O3/c19-17-10-8-15(9-11-17)12-16(13-18(20)21)7-6-14-4-2-1-3-5-14/h1-5,8-11,16,19H,6-7,12-13H2,(H,20,21). The summed E-state index contributed by atoms with van der Waals surface area (Å²) >= 11 is 0. The van der Waals surface area contributed by atoms with Crippen molar-refractivity contribution >= 4 is 5.97 Å². The number of aryl methyl sites for hydroxylation is 1. The molecule has 1 unspecified atom stereocenters. The van der Waals surface area contributed by atoms with E-state index in [1.54, 1.807) is 12.1 Å². The van der Waals surface area contributed by atoms with Gasteiger partial charge in [0, 0.05) is 6.42 Å². The highest BCUT2D eigenvalue weighted by molar-refractivity contribution is 5.67. The number of carboxylic acid groups (broad SMARTS) is 1. The summed E-state index contributed by atoms with van der Waals surface area (Å²) in [6.07, 6.45) is 2.63. The summed E-state index contributed by atoms with van der Waals surface area (Å²) in [5.74, 6) is -0.420. The Morgan fingerprint density at radius 2 is 1.62 bits per heavy atom. The maximum absolute atomic E-state index is 11.0. The summed E-state index contributed by atoms with van der Waals surface area (Å²) in [4.78, 5) is 11.0. The highest BCUT2D eigenvalue weighted by atomic mass is 16.4. The molecule has 2 rings (SSSR count). The third-order valence-corrected chi connectivity index (χ3v) is 3.61. The first kappa shape index (κ1) is 15.1. The van der Waals surface area contributed by atoms with Crippen LogP contribution in [-0.2, 0) is 17.6 Å².